The van der Waals surface area contributed by atoms with E-state index in [2.05, 4.69) is 0 Å². The second-order valence-corrected chi connectivity index (χ2v) is 6.81. The minimum absolute atomic E-state index is 0.0478. The van der Waals surface area contributed by atoms with Gasteiger partial charge in [0.1, 0.15) is 12.9 Å². The van der Waals surface area contributed by atoms with Crippen LogP contribution in [0.5, 0.6) is 0 Å². The molecular formula is C9H19NO7Si. The molecule has 1 aliphatic rings. The van der Waals surface area contributed by atoms with E-state index in [0.29, 0.717) is 19.1 Å². The smallest absolute Gasteiger partial charge is 0.377 e. The van der Waals surface area contributed by atoms with Crippen LogP contribution in [0, 0.1) is 10.1 Å². The molecule has 0 N–H and O–H groups in total. The maximum absolute atomic E-state index is 10.3. The van der Waals surface area contributed by atoms with Crippen molar-refractivity contribution in [3.63, 3.8) is 0 Å². The highest BCUT2D eigenvalue weighted by molar-refractivity contribution is 6.60. The van der Waals surface area contributed by atoms with E-state index in [0.717, 1.165) is 6.61 Å². The zero-order valence-corrected chi connectivity index (χ0v) is 11.6. The molecule has 1 heterocycles. The Morgan fingerprint density at radius 3 is 2.61 bits per heavy atom. The summed E-state index contributed by atoms with van der Waals surface area (Å²) in [6.45, 7) is 1.13. The van der Waals surface area contributed by atoms with E-state index < -0.39 is 8.80 Å². The van der Waals surface area contributed by atoms with Crippen molar-refractivity contribution in [2.75, 3.05) is 40.8 Å². The summed E-state index contributed by atoms with van der Waals surface area (Å²) in [5.41, 5.74) is 0. The van der Waals surface area contributed by atoms with Crippen molar-refractivity contribution in [1.82, 2.24) is 0 Å². The molecule has 1 aliphatic heterocycles. The van der Waals surface area contributed by atoms with Gasteiger partial charge in [0.25, 0.3) is 0 Å². The lowest BCUT2D eigenvalue weighted by Crippen LogP contribution is -2.44. The van der Waals surface area contributed by atoms with E-state index in [1.165, 1.54) is 14.2 Å². The van der Waals surface area contributed by atoms with Gasteiger partial charge in [0.15, 0.2) is 0 Å². The quantitative estimate of drug-likeness (QED) is 0.134. The lowest BCUT2D eigenvalue weighted by molar-refractivity contribution is -0.479. The van der Waals surface area contributed by atoms with Gasteiger partial charge in [-0.25, -0.2) is 0 Å². The molecule has 0 amide bonds. The number of hydrogen-bond donors (Lipinski definition) is 0. The Kier molecular flexibility index (Phi) is 6.68. The molecule has 0 aromatic rings. The van der Waals surface area contributed by atoms with E-state index in [-0.39, 0.29) is 24.4 Å². The van der Waals surface area contributed by atoms with Gasteiger partial charge in [-0.2, -0.15) is 0 Å². The van der Waals surface area contributed by atoms with Crippen molar-refractivity contribution in [1.29, 1.82) is 0 Å². The second kappa shape index (κ2) is 7.76. The molecule has 0 radical (unpaired) electrons. The molecule has 18 heavy (non-hydrogen) atoms. The topological polar surface area (TPSA) is 92.6 Å². The minimum atomic E-state index is -2.83. The first-order chi connectivity index (χ1) is 8.62. The van der Waals surface area contributed by atoms with Crippen molar-refractivity contribution < 1.29 is 27.7 Å². The Morgan fingerprint density at radius 1 is 1.44 bits per heavy atom. The van der Waals surface area contributed by atoms with Crippen LogP contribution in [0.4, 0.5) is 0 Å². The summed E-state index contributed by atoms with van der Waals surface area (Å²) < 4.78 is 26.2. The van der Waals surface area contributed by atoms with Gasteiger partial charge >= 0.3 is 8.80 Å². The van der Waals surface area contributed by atoms with Crippen molar-refractivity contribution in [3.8, 4) is 0 Å². The summed E-state index contributed by atoms with van der Waals surface area (Å²) >= 11 is 0. The molecule has 8 nitrogen and oxygen atoms in total. The van der Waals surface area contributed by atoms with Crippen LogP contribution in [-0.2, 0) is 22.8 Å². The third kappa shape index (κ3) is 5.84. The zero-order valence-electron chi connectivity index (χ0n) is 10.6. The lowest BCUT2D eigenvalue weighted by Gasteiger charge is -2.25. The molecule has 1 atom stereocenters. The van der Waals surface area contributed by atoms with Gasteiger partial charge < -0.3 is 22.8 Å². The Balaban J connectivity index is 2.22. The SMILES string of the molecule is CO[Si](CCC[N+](=O)[O-])(OC)OCOCC1CO1. The molecule has 1 fully saturated rings. The van der Waals surface area contributed by atoms with Crippen LogP contribution in [0.15, 0.2) is 0 Å². The highest BCUT2D eigenvalue weighted by Crippen LogP contribution is 2.16. The maximum atomic E-state index is 10.3. The lowest BCUT2D eigenvalue weighted by atomic mass is 10.5. The summed E-state index contributed by atoms with van der Waals surface area (Å²) in [4.78, 5) is 9.89. The minimum Gasteiger partial charge on any atom is -0.377 e. The number of nitro groups is 1. The first-order valence-electron chi connectivity index (χ1n) is 5.67. The van der Waals surface area contributed by atoms with Crippen molar-refractivity contribution >= 4 is 8.80 Å². The van der Waals surface area contributed by atoms with Gasteiger partial charge in [-0.15, -0.1) is 0 Å². The summed E-state index contributed by atoms with van der Waals surface area (Å²) in [5, 5.41) is 10.3. The normalized spacial score (nSPS) is 18.9. The Hall–Kier alpha value is -0.583. The fourth-order valence-corrected chi connectivity index (χ4v) is 3.19. The van der Waals surface area contributed by atoms with Gasteiger partial charge in [0.2, 0.25) is 6.54 Å². The van der Waals surface area contributed by atoms with Crippen LogP contribution >= 0.6 is 0 Å². The molecule has 106 valence electrons. The molecule has 1 unspecified atom stereocenters. The molecule has 1 saturated heterocycles. The molecule has 0 spiro atoms. The van der Waals surface area contributed by atoms with Gasteiger partial charge in [-0.3, -0.25) is 10.1 Å². The van der Waals surface area contributed by atoms with Crippen molar-refractivity contribution in [2.24, 2.45) is 0 Å². The van der Waals surface area contributed by atoms with Crippen LogP contribution < -0.4 is 0 Å². The van der Waals surface area contributed by atoms with Crippen molar-refractivity contribution in [2.45, 2.75) is 18.6 Å². The predicted molar refractivity (Wildman–Crippen MR) is 62.7 cm³/mol. The largest absolute Gasteiger partial charge is 0.502 e. The first-order valence-corrected chi connectivity index (χ1v) is 7.60. The number of nitrogens with zero attached hydrogens (tertiary/aromatic N) is 1. The maximum Gasteiger partial charge on any atom is 0.502 e. The number of ether oxygens (including phenoxy) is 2. The highest BCUT2D eigenvalue weighted by Gasteiger charge is 2.39. The van der Waals surface area contributed by atoms with Crippen LogP contribution in [0.3, 0.4) is 0 Å². The number of hydrogen-bond acceptors (Lipinski definition) is 7. The fraction of sp³-hybridized carbons (Fsp3) is 1.00. The zero-order chi connectivity index (χ0) is 13.4. The molecule has 0 bridgehead atoms. The second-order valence-electron chi connectivity index (χ2n) is 3.84. The first kappa shape index (κ1) is 15.5. The monoisotopic (exact) mass is 281 g/mol. The van der Waals surface area contributed by atoms with Crippen LogP contribution in [0.2, 0.25) is 6.04 Å². The van der Waals surface area contributed by atoms with E-state index in [1.807, 2.05) is 0 Å². The standard InChI is InChI=1S/C9H19NO7Si/c1-13-18(14-2,5-3-4-10(11)12)17-8-15-6-9-7-16-9/h9H,3-8H2,1-2H3. The summed E-state index contributed by atoms with van der Waals surface area (Å²) in [6.07, 6.45) is 0.524. The Bertz CT molecular complexity index is 257. The average Bonchev–Trinajstić information content (AvgIpc) is 3.16. The van der Waals surface area contributed by atoms with Gasteiger partial charge in [0.05, 0.1) is 13.2 Å². The van der Waals surface area contributed by atoms with E-state index in [4.69, 9.17) is 22.8 Å². The van der Waals surface area contributed by atoms with Crippen LogP contribution in [-0.4, -0.2) is 60.6 Å². The van der Waals surface area contributed by atoms with E-state index >= 15 is 0 Å². The summed E-state index contributed by atoms with van der Waals surface area (Å²) in [5.74, 6) is 0. The Morgan fingerprint density at radius 2 is 2.11 bits per heavy atom. The summed E-state index contributed by atoms with van der Waals surface area (Å²) in [6, 6.07) is 0.393. The molecule has 0 aliphatic carbocycles. The molecular weight excluding hydrogens is 262 g/mol. The number of rotatable bonds is 11. The van der Waals surface area contributed by atoms with E-state index in [1.54, 1.807) is 0 Å². The number of epoxide rings is 1. The van der Waals surface area contributed by atoms with Crippen LogP contribution in [0.25, 0.3) is 0 Å². The summed E-state index contributed by atoms with van der Waals surface area (Å²) in [7, 11) is 0.124. The molecule has 0 saturated carbocycles. The molecule has 0 aromatic heterocycles. The van der Waals surface area contributed by atoms with Crippen molar-refractivity contribution in [3.05, 3.63) is 10.1 Å². The van der Waals surface area contributed by atoms with Crippen LogP contribution in [0.1, 0.15) is 6.42 Å². The van der Waals surface area contributed by atoms with E-state index in [9.17, 15) is 10.1 Å². The predicted octanol–water partition coefficient (Wildman–Crippen LogP) is 0.274. The van der Waals surface area contributed by atoms with Gasteiger partial charge in [-0.05, 0) is 0 Å². The third-order valence-electron chi connectivity index (χ3n) is 2.51. The third-order valence-corrected chi connectivity index (χ3v) is 5.28. The van der Waals surface area contributed by atoms with Gasteiger partial charge in [0, 0.05) is 31.6 Å². The highest BCUT2D eigenvalue weighted by atomic mass is 28.4. The molecule has 0 aromatic carbocycles. The Labute approximate surface area is 107 Å². The molecule has 1 rings (SSSR count). The molecule has 9 heteroatoms. The van der Waals surface area contributed by atoms with Gasteiger partial charge in [-0.1, -0.05) is 0 Å². The fourth-order valence-electron chi connectivity index (χ4n) is 1.38. The average molecular weight is 281 g/mol.